The van der Waals surface area contributed by atoms with Crippen LogP contribution in [0.5, 0.6) is 11.5 Å². The maximum atomic E-state index is 12.9. The highest BCUT2D eigenvalue weighted by molar-refractivity contribution is 5.85. The molecule has 1 saturated carbocycles. The molecule has 1 aromatic rings. The molecule has 3 rings (SSSR count). The quantitative estimate of drug-likeness (QED) is 0.571. The number of ether oxygens (including phenoxy) is 2. The maximum absolute atomic E-state index is 12.9. The Hall–Kier alpha value is -2.44. The number of amides is 1. The summed E-state index contributed by atoms with van der Waals surface area (Å²) in [5.74, 6) is 3.12. The van der Waals surface area contributed by atoms with Crippen molar-refractivity contribution in [3.8, 4) is 11.5 Å². The average molecular weight is 417 g/mol. The zero-order valence-electron chi connectivity index (χ0n) is 19.0. The van der Waals surface area contributed by atoms with E-state index in [1.165, 1.54) is 5.56 Å². The first-order chi connectivity index (χ1) is 14.4. The van der Waals surface area contributed by atoms with Gasteiger partial charge in [0.2, 0.25) is 5.91 Å². The number of nitrogens with zero attached hydrogens (tertiary/aromatic N) is 3. The summed E-state index contributed by atoms with van der Waals surface area (Å²) in [5, 5.41) is 3.53. The van der Waals surface area contributed by atoms with Crippen LogP contribution in [-0.2, 0) is 4.79 Å². The molecule has 1 unspecified atom stereocenters. The van der Waals surface area contributed by atoms with E-state index in [0.29, 0.717) is 12.5 Å². The Morgan fingerprint density at radius 1 is 1.20 bits per heavy atom. The van der Waals surface area contributed by atoms with E-state index in [1.807, 2.05) is 27.2 Å². The highest BCUT2D eigenvalue weighted by atomic mass is 16.5. The second kappa shape index (κ2) is 9.58. The first kappa shape index (κ1) is 22.2. The summed E-state index contributed by atoms with van der Waals surface area (Å²) in [4.78, 5) is 21.4. The zero-order chi connectivity index (χ0) is 21.7. The summed E-state index contributed by atoms with van der Waals surface area (Å²) in [5.41, 5.74) is 0.915. The summed E-state index contributed by atoms with van der Waals surface area (Å²) in [6, 6.07) is 6.09. The van der Waals surface area contributed by atoms with Gasteiger partial charge in [0.15, 0.2) is 5.96 Å². The summed E-state index contributed by atoms with van der Waals surface area (Å²) in [6.45, 7) is 2.45. The lowest BCUT2D eigenvalue weighted by atomic mass is 9.84. The van der Waals surface area contributed by atoms with Crippen molar-refractivity contribution in [3.05, 3.63) is 23.8 Å². The van der Waals surface area contributed by atoms with Crippen LogP contribution < -0.4 is 14.8 Å². The first-order valence-corrected chi connectivity index (χ1v) is 10.8. The van der Waals surface area contributed by atoms with E-state index in [9.17, 15) is 4.79 Å². The lowest BCUT2D eigenvalue weighted by Gasteiger charge is -2.32. The van der Waals surface area contributed by atoms with Gasteiger partial charge >= 0.3 is 0 Å². The Labute approximate surface area is 180 Å². The number of hydrogen-bond acceptors (Lipinski definition) is 4. The van der Waals surface area contributed by atoms with Gasteiger partial charge in [-0.3, -0.25) is 9.79 Å². The fourth-order valence-corrected chi connectivity index (χ4v) is 4.86. The van der Waals surface area contributed by atoms with E-state index in [1.54, 1.807) is 19.1 Å². The Morgan fingerprint density at radius 3 is 2.37 bits per heavy atom. The van der Waals surface area contributed by atoms with Crippen molar-refractivity contribution in [3.63, 3.8) is 0 Å². The van der Waals surface area contributed by atoms with Crippen LogP contribution in [-0.4, -0.2) is 76.7 Å². The van der Waals surface area contributed by atoms with Crippen molar-refractivity contribution in [1.82, 2.24) is 15.1 Å². The minimum atomic E-state index is -0.307. The van der Waals surface area contributed by atoms with Gasteiger partial charge in [0.25, 0.3) is 0 Å². The van der Waals surface area contributed by atoms with Gasteiger partial charge in [-0.1, -0.05) is 12.8 Å². The third-order valence-electron chi connectivity index (χ3n) is 6.55. The van der Waals surface area contributed by atoms with Crippen molar-refractivity contribution >= 4 is 11.9 Å². The molecule has 2 fully saturated rings. The molecule has 7 nitrogen and oxygen atoms in total. The third-order valence-corrected chi connectivity index (χ3v) is 6.55. The number of carbonyl (C=O) groups excluding carboxylic acids is 1. The second-order valence-corrected chi connectivity index (χ2v) is 8.67. The van der Waals surface area contributed by atoms with E-state index in [4.69, 9.17) is 9.47 Å². The Morgan fingerprint density at radius 2 is 1.83 bits per heavy atom. The lowest BCUT2D eigenvalue weighted by molar-refractivity contribution is -0.138. The SMILES string of the molecule is CN=C(NCC1(C(=O)N(C)C)CCCC1)N1CCC(c2cc(OC)cc(OC)c2)C1. The summed E-state index contributed by atoms with van der Waals surface area (Å²) >= 11 is 0. The Kier molecular flexibility index (Phi) is 7.10. The molecule has 1 amide bonds. The molecular formula is C23H36N4O3. The molecule has 166 valence electrons. The molecule has 1 atom stereocenters. The number of aliphatic imine (C=N–C) groups is 1. The van der Waals surface area contributed by atoms with Crippen molar-refractivity contribution in [1.29, 1.82) is 0 Å². The minimum absolute atomic E-state index is 0.228. The van der Waals surface area contributed by atoms with Crippen molar-refractivity contribution in [2.45, 2.75) is 38.0 Å². The summed E-state index contributed by atoms with van der Waals surface area (Å²) < 4.78 is 10.9. The number of benzene rings is 1. The number of methoxy groups -OCH3 is 2. The van der Waals surface area contributed by atoms with Crippen molar-refractivity contribution in [2.24, 2.45) is 10.4 Å². The molecule has 7 heteroatoms. The molecule has 1 heterocycles. The number of rotatable bonds is 6. The monoisotopic (exact) mass is 416 g/mol. The first-order valence-electron chi connectivity index (χ1n) is 10.8. The fourth-order valence-electron chi connectivity index (χ4n) is 4.86. The molecule has 0 bridgehead atoms. The van der Waals surface area contributed by atoms with Crippen LogP contribution >= 0.6 is 0 Å². The van der Waals surface area contributed by atoms with Gasteiger partial charge in [-0.25, -0.2) is 0 Å². The predicted octanol–water partition coefficient (Wildman–Crippen LogP) is 2.72. The van der Waals surface area contributed by atoms with Crippen LogP contribution in [0, 0.1) is 5.41 Å². The van der Waals surface area contributed by atoms with Gasteiger partial charge in [-0.15, -0.1) is 0 Å². The summed E-state index contributed by atoms with van der Waals surface area (Å²) in [6.07, 6.45) is 5.16. The number of guanidine groups is 1. The van der Waals surface area contributed by atoms with E-state index in [2.05, 4.69) is 27.3 Å². The Bertz CT molecular complexity index is 749. The standard InChI is InChI=1S/C23H36N4O3/c1-24-22(25-16-23(9-6-7-10-23)21(28)26(2)3)27-11-8-17(15-27)18-12-19(29-4)14-20(13-18)30-5/h12-14,17H,6-11,15-16H2,1-5H3,(H,24,25). The van der Waals surface area contributed by atoms with Crippen molar-refractivity contribution < 1.29 is 14.3 Å². The summed E-state index contributed by atoms with van der Waals surface area (Å²) in [7, 11) is 8.88. The minimum Gasteiger partial charge on any atom is -0.497 e. The second-order valence-electron chi connectivity index (χ2n) is 8.67. The van der Waals surface area contributed by atoms with Gasteiger partial charge in [-0.05, 0) is 37.0 Å². The van der Waals surface area contributed by atoms with Crippen LogP contribution in [0.4, 0.5) is 0 Å². The number of hydrogen-bond donors (Lipinski definition) is 1. The van der Waals surface area contributed by atoms with E-state index >= 15 is 0 Å². The van der Waals surface area contributed by atoms with E-state index in [-0.39, 0.29) is 11.3 Å². The van der Waals surface area contributed by atoms with Gasteiger partial charge in [0.1, 0.15) is 11.5 Å². The van der Waals surface area contributed by atoms with E-state index < -0.39 is 0 Å². The Balaban J connectivity index is 1.67. The molecule has 1 aromatic carbocycles. The molecule has 0 radical (unpaired) electrons. The van der Waals surface area contributed by atoms with Crippen molar-refractivity contribution in [2.75, 3.05) is 55.0 Å². The van der Waals surface area contributed by atoms with Crippen LogP contribution in [0.15, 0.2) is 23.2 Å². The number of carbonyl (C=O) groups is 1. The molecule has 1 aliphatic carbocycles. The zero-order valence-corrected chi connectivity index (χ0v) is 19.0. The topological polar surface area (TPSA) is 66.4 Å². The van der Waals surface area contributed by atoms with Gasteiger partial charge in [-0.2, -0.15) is 0 Å². The van der Waals surface area contributed by atoms with Crippen LogP contribution in [0.3, 0.4) is 0 Å². The maximum Gasteiger partial charge on any atom is 0.230 e. The molecule has 0 aromatic heterocycles. The highest BCUT2D eigenvalue weighted by Gasteiger charge is 2.42. The fraction of sp³-hybridized carbons (Fsp3) is 0.652. The van der Waals surface area contributed by atoms with Gasteiger partial charge in [0.05, 0.1) is 19.6 Å². The van der Waals surface area contributed by atoms with E-state index in [0.717, 1.165) is 62.7 Å². The van der Waals surface area contributed by atoms with Gasteiger partial charge in [0, 0.05) is 52.8 Å². The average Bonchev–Trinajstić information content (AvgIpc) is 3.44. The molecule has 2 aliphatic rings. The molecule has 1 aliphatic heterocycles. The predicted molar refractivity (Wildman–Crippen MR) is 119 cm³/mol. The highest BCUT2D eigenvalue weighted by Crippen LogP contribution is 2.39. The van der Waals surface area contributed by atoms with Gasteiger partial charge < -0.3 is 24.6 Å². The normalized spacial score (nSPS) is 20.9. The molecule has 1 saturated heterocycles. The van der Waals surface area contributed by atoms with Crippen LogP contribution in [0.25, 0.3) is 0 Å². The molecule has 1 N–H and O–H groups in total. The number of likely N-dealkylation sites (tertiary alicyclic amines) is 1. The van der Waals surface area contributed by atoms with Crippen LogP contribution in [0.1, 0.15) is 43.6 Å². The lowest BCUT2D eigenvalue weighted by Crippen LogP contribution is -2.49. The largest absolute Gasteiger partial charge is 0.497 e. The molecule has 30 heavy (non-hydrogen) atoms. The molecule has 0 spiro atoms. The smallest absolute Gasteiger partial charge is 0.230 e. The molecular weight excluding hydrogens is 380 g/mol. The number of nitrogens with one attached hydrogen (secondary N) is 1. The third kappa shape index (κ3) is 4.65. The van der Waals surface area contributed by atoms with Crippen LogP contribution in [0.2, 0.25) is 0 Å².